The fraction of sp³-hybridized carbons (Fsp3) is 0.950. The number of unbranched alkanes of at least 4 members (excludes halogenated alkanes) is 1. The molecule has 0 amide bonds. The van der Waals surface area contributed by atoms with Gasteiger partial charge in [-0.25, -0.2) is 0 Å². The molecule has 2 saturated heterocycles. The molecule has 0 radical (unpaired) electrons. The lowest BCUT2D eigenvalue weighted by Crippen LogP contribution is -2.30. The minimum Gasteiger partial charge on any atom is -0.481 e. The maximum atomic E-state index is 10.6. The average Bonchev–Trinajstić information content (AvgIpc) is 3.21. The van der Waals surface area contributed by atoms with Crippen LogP contribution in [-0.4, -0.2) is 47.5 Å². The third-order valence-electron chi connectivity index (χ3n) is 6.19. The lowest BCUT2D eigenvalue weighted by molar-refractivity contribution is -0.137. The van der Waals surface area contributed by atoms with Gasteiger partial charge in [-0.15, -0.1) is 0 Å². The Morgan fingerprint density at radius 3 is 2.56 bits per heavy atom. The highest BCUT2D eigenvalue weighted by Gasteiger charge is 2.48. The number of hydrogen-bond acceptors (Lipinski definition) is 4. The van der Waals surface area contributed by atoms with Gasteiger partial charge in [0.1, 0.15) is 0 Å². The molecule has 4 atom stereocenters. The predicted molar refractivity (Wildman–Crippen MR) is 101 cm³/mol. The summed E-state index contributed by atoms with van der Waals surface area (Å²) in [7, 11) is 0. The Kier molecular flexibility index (Phi) is 7.93. The highest BCUT2D eigenvalue weighted by Crippen LogP contribution is 2.46. The minimum absolute atomic E-state index is 0.304. The van der Waals surface area contributed by atoms with Crippen molar-refractivity contribution in [1.82, 2.24) is 0 Å². The summed E-state index contributed by atoms with van der Waals surface area (Å²) in [6.07, 6.45) is 13.7. The van der Waals surface area contributed by atoms with E-state index in [1.54, 1.807) is 0 Å². The molecule has 2 aliphatic heterocycles. The Bertz CT molecular complexity index is 411. The van der Waals surface area contributed by atoms with Gasteiger partial charge in [0.2, 0.25) is 0 Å². The summed E-state index contributed by atoms with van der Waals surface area (Å²) in [6.45, 7) is 0.904. The summed E-state index contributed by atoms with van der Waals surface area (Å²) >= 11 is 1.99. The number of carboxylic acid groups (broad SMARTS) is 1. The van der Waals surface area contributed by atoms with Crippen molar-refractivity contribution in [2.24, 2.45) is 11.8 Å². The Balaban J connectivity index is 1.33. The predicted octanol–water partition coefficient (Wildman–Crippen LogP) is 4.51. The zero-order valence-electron chi connectivity index (χ0n) is 15.4. The third-order valence-corrected chi connectivity index (χ3v) is 7.38. The van der Waals surface area contributed by atoms with Crippen LogP contribution in [0, 0.1) is 11.8 Å². The van der Waals surface area contributed by atoms with Gasteiger partial charge in [-0.05, 0) is 68.3 Å². The Hall–Kier alpha value is -0.260. The summed E-state index contributed by atoms with van der Waals surface area (Å²) in [5.74, 6) is 2.92. The number of carboxylic acids is 1. The Morgan fingerprint density at radius 2 is 1.80 bits per heavy atom. The molecule has 2 bridgehead atoms. The van der Waals surface area contributed by atoms with Crippen molar-refractivity contribution in [1.29, 1.82) is 0 Å². The van der Waals surface area contributed by atoms with Crippen molar-refractivity contribution >= 4 is 17.7 Å². The van der Waals surface area contributed by atoms with Crippen LogP contribution in [0.4, 0.5) is 0 Å². The van der Waals surface area contributed by atoms with E-state index in [1.807, 2.05) is 11.8 Å². The van der Waals surface area contributed by atoms with Crippen LogP contribution >= 0.6 is 11.8 Å². The fourth-order valence-corrected chi connectivity index (χ4v) is 6.11. The SMILES string of the molecule is O=C(O)CCCCSCC1C2CCC(O2)C1CCOC1CCCCC1. The molecule has 1 N–H and O–H groups in total. The monoisotopic (exact) mass is 370 g/mol. The highest BCUT2D eigenvalue weighted by molar-refractivity contribution is 7.99. The molecule has 3 rings (SSSR count). The molecule has 4 unspecified atom stereocenters. The molecule has 144 valence electrons. The second-order valence-electron chi connectivity index (χ2n) is 7.96. The number of carbonyl (C=O) groups is 1. The topological polar surface area (TPSA) is 55.8 Å². The van der Waals surface area contributed by atoms with Crippen molar-refractivity contribution in [2.45, 2.75) is 88.9 Å². The number of thioether (sulfide) groups is 1. The number of aliphatic carboxylic acids is 1. The largest absolute Gasteiger partial charge is 0.481 e. The molecule has 4 nitrogen and oxygen atoms in total. The van der Waals surface area contributed by atoms with Crippen molar-refractivity contribution in [3.05, 3.63) is 0 Å². The maximum Gasteiger partial charge on any atom is 0.303 e. The van der Waals surface area contributed by atoms with Crippen molar-refractivity contribution in [3.8, 4) is 0 Å². The van der Waals surface area contributed by atoms with E-state index in [1.165, 1.54) is 50.7 Å². The Labute approximate surface area is 156 Å². The van der Waals surface area contributed by atoms with Gasteiger partial charge < -0.3 is 14.6 Å². The van der Waals surface area contributed by atoms with Gasteiger partial charge in [-0.2, -0.15) is 11.8 Å². The molecular weight excluding hydrogens is 336 g/mol. The summed E-state index contributed by atoms with van der Waals surface area (Å²) in [6, 6.07) is 0. The van der Waals surface area contributed by atoms with E-state index in [2.05, 4.69) is 0 Å². The van der Waals surface area contributed by atoms with Gasteiger partial charge in [-0.3, -0.25) is 4.79 Å². The molecule has 25 heavy (non-hydrogen) atoms. The quantitative estimate of drug-likeness (QED) is 0.542. The zero-order chi connectivity index (χ0) is 17.5. The van der Waals surface area contributed by atoms with Gasteiger partial charge >= 0.3 is 5.97 Å². The van der Waals surface area contributed by atoms with Gasteiger partial charge in [-0.1, -0.05) is 19.3 Å². The number of ether oxygens (including phenoxy) is 2. The molecule has 3 aliphatic rings. The van der Waals surface area contributed by atoms with Gasteiger partial charge in [0.05, 0.1) is 18.3 Å². The number of rotatable bonds is 11. The van der Waals surface area contributed by atoms with Gasteiger partial charge in [0.25, 0.3) is 0 Å². The number of fused-ring (bicyclic) bond motifs is 2. The van der Waals surface area contributed by atoms with Gasteiger partial charge in [0.15, 0.2) is 0 Å². The molecule has 5 heteroatoms. The first-order chi connectivity index (χ1) is 12.2. The average molecular weight is 371 g/mol. The van der Waals surface area contributed by atoms with E-state index in [0.717, 1.165) is 31.6 Å². The molecule has 3 fully saturated rings. The second-order valence-corrected chi connectivity index (χ2v) is 9.11. The smallest absolute Gasteiger partial charge is 0.303 e. The minimum atomic E-state index is -0.676. The fourth-order valence-electron chi connectivity index (χ4n) is 4.80. The molecule has 2 heterocycles. The summed E-state index contributed by atoms with van der Waals surface area (Å²) in [4.78, 5) is 10.6. The summed E-state index contributed by atoms with van der Waals surface area (Å²) < 4.78 is 12.4. The zero-order valence-corrected chi connectivity index (χ0v) is 16.2. The van der Waals surface area contributed by atoms with E-state index in [9.17, 15) is 4.79 Å². The molecule has 0 spiro atoms. The van der Waals surface area contributed by atoms with Crippen LogP contribution < -0.4 is 0 Å². The first-order valence-corrected chi connectivity index (χ1v) is 11.5. The standard InChI is InChI=1S/C20H34O4S/c21-20(22)8-4-5-13-25-14-17-16(18-9-10-19(17)24-18)11-12-23-15-6-2-1-3-7-15/h15-19H,1-14H2,(H,21,22). The lowest BCUT2D eigenvalue weighted by atomic mass is 9.79. The van der Waals surface area contributed by atoms with Crippen molar-refractivity contribution in [3.63, 3.8) is 0 Å². The van der Waals surface area contributed by atoms with Gasteiger partial charge in [0, 0.05) is 13.0 Å². The van der Waals surface area contributed by atoms with Crippen LogP contribution in [0.2, 0.25) is 0 Å². The van der Waals surface area contributed by atoms with Crippen LogP contribution in [0.5, 0.6) is 0 Å². The van der Waals surface area contributed by atoms with Crippen LogP contribution in [0.1, 0.15) is 70.6 Å². The van der Waals surface area contributed by atoms with Crippen LogP contribution in [0.15, 0.2) is 0 Å². The van der Waals surface area contributed by atoms with Crippen LogP contribution in [-0.2, 0) is 14.3 Å². The summed E-state index contributed by atoms with van der Waals surface area (Å²) in [5.41, 5.74) is 0. The molecule has 0 aromatic heterocycles. The molecule has 1 aliphatic carbocycles. The molecule has 0 aromatic rings. The first kappa shape index (κ1) is 19.5. The Morgan fingerprint density at radius 1 is 1.04 bits per heavy atom. The molecule has 0 aromatic carbocycles. The summed E-state index contributed by atoms with van der Waals surface area (Å²) in [5, 5.41) is 8.69. The first-order valence-electron chi connectivity index (χ1n) is 10.3. The molecular formula is C20H34O4S. The van der Waals surface area contributed by atoms with E-state index in [-0.39, 0.29) is 0 Å². The van der Waals surface area contributed by atoms with E-state index >= 15 is 0 Å². The van der Waals surface area contributed by atoms with E-state index in [0.29, 0.717) is 36.6 Å². The lowest BCUT2D eigenvalue weighted by Gasteiger charge is -2.29. The second kappa shape index (κ2) is 10.2. The van der Waals surface area contributed by atoms with E-state index < -0.39 is 5.97 Å². The van der Waals surface area contributed by atoms with Crippen LogP contribution in [0.25, 0.3) is 0 Å². The van der Waals surface area contributed by atoms with Crippen molar-refractivity contribution < 1.29 is 19.4 Å². The normalized spacial score (nSPS) is 32.3. The van der Waals surface area contributed by atoms with E-state index in [4.69, 9.17) is 14.6 Å². The third kappa shape index (κ3) is 5.86. The van der Waals surface area contributed by atoms with Crippen molar-refractivity contribution in [2.75, 3.05) is 18.1 Å². The molecule has 1 saturated carbocycles. The van der Waals surface area contributed by atoms with Crippen LogP contribution in [0.3, 0.4) is 0 Å². The highest BCUT2D eigenvalue weighted by atomic mass is 32.2. The number of hydrogen-bond donors (Lipinski definition) is 1. The maximum absolute atomic E-state index is 10.6.